The standard InChI is InChI=1S/C15H14F2N2O2/c16-11-8-12(17)10-13(9-11)18-3-5-19(6-4-18)15(20)14-2-1-7-21-14/h1-2,7-10H,3-6H2. The number of amides is 1. The quantitative estimate of drug-likeness (QED) is 0.853. The van der Waals surface area contributed by atoms with Crippen LogP contribution in [-0.2, 0) is 0 Å². The molecule has 0 N–H and O–H groups in total. The predicted molar refractivity (Wildman–Crippen MR) is 73.2 cm³/mol. The molecule has 1 aromatic heterocycles. The van der Waals surface area contributed by atoms with Crippen molar-refractivity contribution in [2.75, 3.05) is 31.1 Å². The second kappa shape index (κ2) is 5.55. The molecule has 110 valence electrons. The molecule has 0 atom stereocenters. The van der Waals surface area contributed by atoms with Crippen molar-refractivity contribution in [1.29, 1.82) is 0 Å². The lowest BCUT2D eigenvalue weighted by atomic mass is 10.2. The van der Waals surface area contributed by atoms with Gasteiger partial charge < -0.3 is 14.2 Å². The van der Waals surface area contributed by atoms with Crippen LogP contribution in [0.2, 0.25) is 0 Å². The first-order valence-electron chi connectivity index (χ1n) is 6.67. The molecule has 1 aromatic carbocycles. The Bertz CT molecular complexity index is 615. The smallest absolute Gasteiger partial charge is 0.289 e. The van der Waals surface area contributed by atoms with E-state index in [0.717, 1.165) is 6.07 Å². The highest BCUT2D eigenvalue weighted by Crippen LogP contribution is 2.20. The Kier molecular flexibility index (Phi) is 3.60. The highest BCUT2D eigenvalue weighted by Gasteiger charge is 2.24. The molecule has 0 spiro atoms. The molecule has 3 rings (SSSR count). The van der Waals surface area contributed by atoms with Crippen molar-refractivity contribution in [2.24, 2.45) is 0 Å². The van der Waals surface area contributed by atoms with Gasteiger partial charge in [0.1, 0.15) is 11.6 Å². The Morgan fingerprint density at radius 1 is 1.05 bits per heavy atom. The number of carbonyl (C=O) groups is 1. The van der Waals surface area contributed by atoms with E-state index in [4.69, 9.17) is 4.42 Å². The zero-order valence-electron chi connectivity index (χ0n) is 11.3. The monoisotopic (exact) mass is 292 g/mol. The Labute approximate surface area is 120 Å². The number of anilines is 1. The maximum absolute atomic E-state index is 13.2. The molecule has 4 nitrogen and oxygen atoms in total. The van der Waals surface area contributed by atoms with Gasteiger partial charge in [0.15, 0.2) is 5.76 Å². The number of halogens is 2. The molecule has 0 radical (unpaired) electrons. The van der Waals surface area contributed by atoms with E-state index in [1.807, 2.05) is 4.90 Å². The summed E-state index contributed by atoms with van der Waals surface area (Å²) in [7, 11) is 0. The summed E-state index contributed by atoms with van der Waals surface area (Å²) >= 11 is 0. The molecule has 2 aromatic rings. The SMILES string of the molecule is O=C(c1ccco1)N1CCN(c2cc(F)cc(F)c2)CC1. The van der Waals surface area contributed by atoms with E-state index in [1.165, 1.54) is 18.4 Å². The van der Waals surface area contributed by atoms with Crippen LogP contribution in [0.4, 0.5) is 14.5 Å². The molecule has 0 aliphatic carbocycles. The molecule has 0 bridgehead atoms. The van der Waals surface area contributed by atoms with Crippen LogP contribution in [-0.4, -0.2) is 37.0 Å². The molecule has 1 amide bonds. The first-order valence-corrected chi connectivity index (χ1v) is 6.67. The zero-order chi connectivity index (χ0) is 14.8. The van der Waals surface area contributed by atoms with Crippen LogP contribution in [0, 0.1) is 11.6 Å². The van der Waals surface area contributed by atoms with E-state index in [9.17, 15) is 13.6 Å². The maximum Gasteiger partial charge on any atom is 0.289 e. The van der Waals surface area contributed by atoms with Gasteiger partial charge in [0.25, 0.3) is 5.91 Å². The van der Waals surface area contributed by atoms with Crippen LogP contribution in [0.15, 0.2) is 41.0 Å². The summed E-state index contributed by atoms with van der Waals surface area (Å²) in [6.07, 6.45) is 1.46. The first kappa shape index (κ1) is 13.6. The van der Waals surface area contributed by atoms with Gasteiger partial charge in [-0.3, -0.25) is 4.79 Å². The maximum atomic E-state index is 13.2. The minimum Gasteiger partial charge on any atom is -0.459 e. The van der Waals surface area contributed by atoms with Crippen LogP contribution < -0.4 is 4.90 Å². The number of hydrogen-bond acceptors (Lipinski definition) is 3. The normalized spacial score (nSPS) is 15.3. The van der Waals surface area contributed by atoms with Gasteiger partial charge in [0.05, 0.1) is 6.26 Å². The van der Waals surface area contributed by atoms with E-state index in [-0.39, 0.29) is 5.91 Å². The summed E-state index contributed by atoms with van der Waals surface area (Å²) in [6.45, 7) is 2.01. The fourth-order valence-electron chi connectivity index (χ4n) is 2.45. The third-order valence-electron chi connectivity index (χ3n) is 3.51. The van der Waals surface area contributed by atoms with Gasteiger partial charge in [0.2, 0.25) is 0 Å². The number of carbonyl (C=O) groups excluding carboxylic acids is 1. The number of piperazine rings is 1. The Hall–Kier alpha value is -2.37. The summed E-state index contributed by atoms with van der Waals surface area (Å²) in [4.78, 5) is 15.6. The molecule has 21 heavy (non-hydrogen) atoms. The second-order valence-corrected chi connectivity index (χ2v) is 4.88. The van der Waals surface area contributed by atoms with Crippen LogP contribution in [0.1, 0.15) is 10.6 Å². The number of furan rings is 1. The van der Waals surface area contributed by atoms with Gasteiger partial charge in [-0.05, 0) is 24.3 Å². The van der Waals surface area contributed by atoms with Gasteiger partial charge in [0, 0.05) is 37.9 Å². The van der Waals surface area contributed by atoms with E-state index < -0.39 is 11.6 Å². The molecule has 2 heterocycles. The third-order valence-corrected chi connectivity index (χ3v) is 3.51. The topological polar surface area (TPSA) is 36.7 Å². The van der Waals surface area contributed by atoms with Crippen molar-refractivity contribution >= 4 is 11.6 Å². The summed E-state index contributed by atoms with van der Waals surface area (Å²) in [5.74, 6) is -1.05. The molecular formula is C15H14F2N2O2. The number of rotatable bonds is 2. The Balaban J connectivity index is 1.66. The van der Waals surface area contributed by atoms with Crippen molar-refractivity contribution in [2.45, 2.75) is 0 Å². The number of nitrogens with zero attached hydrogens (tertiary/aromatic N) is 2. The molecule has 1 fully saturated rings. The average Bonchev–Trinajstić information content (AvgIpc) is 3.00. The molecule has 0 unspecified atom stereocenters. The minimum atomic E-state index is -0.598. The van der Waals surface area contributed by atoms with Crippen LogP contribution in [0.5, 0.6) is 0 Å². The van der Waals surface area contributed by atoms with Crippen molar-refractivity contribution in [3.05, 3.63) is 54.0 Å². The second-order valence-electron chi connectivity index (χ2n) is 4.88. The van der Waals surface area contributed by atoms with Crippen molar-refractivity contribution in [3.8, 4) is 0 Å². The molecule has 1 aliphatic heterocycles. The van der Waals surface area contributed by atoms with Crippen molar-refractivity contribution < 1.29 is 18.0 Å². The third kappa shape index (κ3) is 2.89. The van der Waals surface area contributed by atoms with Crippen LogP contribution in [0.25, 0.3) is 0 Å². The predicted octanol–water partition coefficient (Wildman–Crippen LogP) is 2.52. The molecule has 1 aliphatic rings. The lowest BCUT2D eigenvalue weighted by Gasteiger charge is -2.35. The lowest BCUT2D eigenvalue weighted by Crippen LogP contribution is -2.48. The van der Waals surface area contributed by atoms with Crippen molar-refractivity contribution in [1.82, 2.24) is 4.90 Å². The van der Waals surface area contributed by atoms with E-state index in [1.54, 1.807) is 17.0 Å². The summed E-state index contributed by atoms with van der Waals surface area (Å²) in [5.41, 5.74) is 0.498. The summed E-state index contributed by atoms with van der Waals surface area (Å²) in [6, 6.07) is 6.73. The summed E-state index contributed by atoms with van der Waals surface area (Å²) < 4.78 is 31.5. The van der Waals surface area contributed by atoms with E-state index in [0.29, 0.717) is 37.6 Å². The minimum absolute atomic E-state index is 0.162. The van der Waals surface area contributed by atoms with Gasteiger partial charge in [-0.2, -0.15) is 0 Å². The largest absolute Gasteiger partial charge is 0.459 e. The summed E-state index contributed by atoms with van der Waals surface area (Å²) in [5, 5.41) is 0. The van der Waals surface area contributed by atoms with Gasteiger partial charge >= 0.3 is 0 Å². The average molecular weight is 292 g/mol. The highest BCUT2D eigenvalue weighted by atomic mass is 19.1. The molecule has 1 saturated heterocycles. The lowest BCUT2D eigenvalue weighted by molar-refractivity contribution is 0.0714. The fourth-order valence-corrected chi connectivity index (χ4v) is 2.45. The van der Waals surface area contributed by atoms with Crippen LogP contribution >= 0.6 is 0 Å². The fraction of sp³-hybridized carbons (Fsp3) is 0.267. The highest BCUT2D eigenvalue weighted by molar-refractivity contribution is 5.91. The van der Waals surface area contributed by atoms with E-state index >= 15 is 0 Å². The van der Waals surface area contributed by atoms with E-state index in [2.05, 4.69) is 0 Å². The zero-order valence-corrected chi connectivity index (χ0v) is 11.3. The van der Waals surface area contributed by atoms with Gasteiger partial charge in [-0.1, -0.05) is 0 Å². The molecule has 0 saturated carbocycles. The molecular weight excluding hydrogens is 278 g/mol. The van der Waals surface area contributed by atoms with Crippen molar-refractivity contribution in [3.63, 3.8) is 0 Å². The Morgan fingerprint density at radius 2 is 1.71 bits per heavy atom. The van der Waals surface area contributed by atoms with Gasteiger partial charge in [-0.15, -0.1) is 0 Å². The van der Waals surface area contributed by atoms with Gasteiger partial charge in [-0.25, -0.2) is 8.78 Å². The number of benzene rings is 1. The van der Waals surface area contributed by atoms with Crippen LogP contribution in [0.3, 0.4) is 0 Å². The molecule has 6 heteroatoms. The number of hydrogen-bond donors (Lipinski definition) is 0. The Morgan fingerprint density at radius 3 is 2.29 bits per heavy atom. The first-order chi connectivity index (χ1) is 10.1.